The maximum Gasteiger partial charge on any atom is 0.408 e. The molecule has 1 N–H and O–H groups in total. The maximum absolute atomic E-state index is 11.3. The standard InChI is InChI=1S/C14H16N2O3/c1-14(2,3)19-13(18)15-8-4-5-12-7-6-11(10-17)9-16-12/h6-7,9-10H,8H2,1-3H3,(H,15,18). The van der Waals surface area contributed by atoms with E-state index in [1.165, 1.54) is 6.20 Å². The molecule has 0 spiro atoms. The second kappa shape index (κ2) is 6.55. The summed E-state index contributed by atoms with van der Waals surface area (Å²) in [6, 6.07) is 3.27. The number of amides is 1. The number of aldehydes is 1. The molecule has 1 aromatic heterocycles. The van der Waals surface area contributed by atoms with Crippen molar-refractivity contribution in [2.45, 2.75) is 26.4 Å². The van der Waals surface area contributed by atoms with Crippen LogP contribution in [0.2, 0.25) is 0 Å². The smallest absolute Gasteiger partial charge is 0.408 e. The lowest BCUT2D eigenvalue weighted by Crippen LogP contribution is -2.32. The average Bonchev–Trinajstić information content (AvgIpc) is 2.33. The van der Waals surface area contributed by atoms with Gasteiger partial charge in [0.2, 0.25) is 0 Å². The summed E-state index contributed by atoms with van der Waals surface area (Å²) >= 11 is 0. The monoisotopic (exact) mass is 260 g/mol. The number of hydrogen-bond acceptors (Lipinski definition) is 4. The van der Waals surface area contributed by atoms with E-state index in [-0.39, 0.29) is 6.54 Å². The molecular formula is C14H16N2O3. The number of alkyl carbamates (subject to hydrolysis) is 1. The minimum Gasteiger partial charge on any atom is -0.444 e. The molecule has 5 nitrogen and oxygen atoms in total. The highest BCUT2D eigenvalue weighted by atomic mass is 16.6. The van der Waals surface area contributed by atoms with Gasteiger partial charge in [-0.25, -0.2) is 9.78 Å². The van der Waals surface area contributed by atoms with Crippen molar-refractivity contribution in [1.82, 2.24) is 10.3 Å². The van der Waals surface area contributed by atoms with E-state index in [9.17, 15) is 9.59 Å². The molecule has 0 saturated carbocycles. The topological polar surface area (TPSA) is 68.3 Å². The predicted octanol–water partition coefficient (Wildman–Crippen LogP) is 1.77. The first-order valence-electron chi connectivity index (χ1n) is 5.78. The summed E-state index contributed by atoms with van der Waals surface area (Å²) in [6.07, 6.45) is 1.65. The fourth-order valence-electron chi connectivity index (χ4n) is 1.11. The zero-order chi connectivity index (χ0) is 14.3. The highest BCUT2D eigenvalue weighted by Crippen LogP contribution is 2.05. The number of pyridine rings is 1. The first-order valence-corrected chi connectivity index (χ1v) is 5.78. The van der Waals surface area contributed by atoms with Gasteiger partial charge in [-0.1, -0.05) is 5.92 Å². The molecule has 5 heteroatoms. The van der Waals surface area contributed by atoms with Crippen molar-refractivity contribution in [2.24, 2.45) is 0 Å². The van der Waals surface area contributed by atoms with Crippen LogP contribution in [0, 0.1) is 11.8 Å². The summed E-state index contributed by atoms with van der Waals surface area (Å²) < 4.78 is 5.05. The fraction of sp³-hybridized carbons (Fsp3) is 0.357. The van der Waals surface area contributed by atoms with Crippen molar-refractivity contribution in [3.05, 3.63) is 29.6 Å². The largest absolute Gasteiger partial charge is 0.444 e. The number of aromatic nitrogens is 1. The number of nitrogens with one attached hydrogen (secondary N) is 1. The van der Waals surface area contributed by atoms with Crippen LogP contribution in [0.4, 0.5) is 4.79 Å². The van der Waals surface area contributed by atoms with Gasteiger partial charge in [-0.2, -0.15) is 0 Å². The van der Waals surface area contributed by atoms with Crippen LogP contribution in [0.1, 0.15) is 36.8 Å². The van der Waals surface area contributed by atoms with Gasteiger partial charge in [-0.15, -0.1) is 0 Å². The Balaban J connectivity index is 2.42. The minimum absolute atomic E-state index is 0.173. The third kappa shape index (κ3) is 6.22. The van der Waals surface area contributed by atoms with Gasteiger partial charge in [0.25, 0.3) is 0 Å². The van der Waals surface area contributed by atoms with E-state index in [1.54, 1.807) is 32.9 Å². The summed E-state index contributed by atoms with van der Waals surface area (Å²) in [6.45, 7) is 5.54. The van der Waals surface area contributed by atoms with Gasteiger partial charge in [0, 0.05) is 11.8 Å². The van der Waals surface area contributed by atoms with Gasteiger partial charge in [0.1, 0.15) is 11.3 Å². The summed E-state index contributed by atoms with van der Waals surface area (Å²) in [4.78, 5) is 25.7. The zero-order valence-electron chi connectivity index (χ0n) is 11.2. The van der Waals surface area contributed by atoms with Crippen molar-refractivity contribution in [3.8, 4) is 11.8 Å². The van der Waals surface area contributed by atoms with Crippen LogP contribution in [0.3, 0.4) is 0 Å². The lowest BCUT2D eigenvalue weighted by molar-refractivity contribution is 0.0535. The van der Waals surface area contributed by atoms with Gasteiger partial charge >= 0.3 is 6.09 Å². The van der Waals surface area contributed by atoms with Crippen molar-refractivity contribution >= 4 is 12.4 Å². The highest BCUT2D eigenvalue weighted by Gasteiger charge is 2.14. The molecule has 0 aliphatic carbocycles. The van der Waals surface area contributed by atoms with Crippen molar-refractivity contribution in [3.63, 3.8) is 0 Å². The molecule has 1 amide bonds. The van der Waals surface area contributed by atoms with Crippen LogP contribution >= 0.6 is 0 Å². The molecule has 1 rings (SSSR count). The van der Waals surface area contributed by atoms with Gasteiger partial charge < -0.3 is 10.1 Å². The molecule has 0 aromatic carbocycles. The van der Waals surface area contributed by atoms with Crippen LogP contribution in [0.25, 0.3) is 0 Å². The quantitative estimate of drug-likeness (QED) is 0.650. The Morgan fingerprint density at radius 2 is 2.21 bits per heavy atom. The predicted molar refractivity (Wildman–Crippen MR) is 70.7 cm³/mol. The molecule has 0 atom stereocenters. The number of nitrogens with zero attached hydrogens (tertiary/aromatic N) is 1. The molecule has 1 aromatic rings. The summed E-state index contributed by atoms with van der Waals surface area (Å²) in [5.41, 5.74) is 0.512. The number of carbonyl (C=O) groups excluding carboxylic acids is 2. The molecule has 0 aliphatic heterocycles. The third-order valence-corrected chi connectivity index (χ3v) is 1.86. The van der Waals surface area contributed by atoms with E-state index in [0.29, 0.717) is 17.5 Å². The SMILES string of the molecule is CC(C)(C)OC(=O)NCC#Cc1ccc(C=O)cn1. The van der Waals surface area contributed by atoms with Crippen LogP contribution in [0.15, 0.2) is 18.3 Å². The molecule has 0 unspecified atom stereocenters. The van der Waals surface area contributed by atoms with Crippen molar-refractivity contribution < 1.29 is 14.3 Å². The fourth-order valence-corrected chi connectivity index (χ4v) is 1.11. The molecule has 1 heterocycles. The summed E-state index contributed by atoms with van der Waals surface area (Å²) in [5, 5.41) is 2.51. The Kier molecular flexibility index (Phi) is 5.07. The molecule has 0 saturated heterocycles. The van der Waals surface area contributed by atoms with Gasteiger partial charge in [0.05, 0.1) is 6.54 Å². The Morgan fingerprint density at radius 3 is 2.74 bits per heavy atom. The number of rotatable bonds is 2. The van der Waals surface area contributed by atoms with E-state index in [0.717, 1.165) is 0 Å². The minimum atomic E-state index is -0.524. The van der Waals surface area contributed by atoms with Crippen LogP contribution in [0.5, 0.6) is 0 Å². The maximum atomic E-state index is 11.3. The lowest BCUT2D eigenvalue weighted by atomic mass is 10.2. The van der Waals surface area contributed by atoms with E-state index in [2.05, 4.69) is 22.1 Å². The molecule has 0 fully saturated rings. The van der Waals surface area contributed by atoms with E-state index in [1.807, 2.05) is 0 Å². The van der Waals surface area contributed by atoms with Crippen LogP contribution < -0.4 is 5.32 Å². The number of ether oxygens (including phenoxy) is 1. The van der Waals surface area contributed by atoms with E-state index in [4.69, 9.17) is 4.74 Å². The molecule has 0 radical (unpaired) electrons. The van der Waals surface area contributed by atoms with Gasteiger partial charge in [-0.3, -0.25) is 4.79 Å². The van der Waals surface area contributed by atoms with E-state index < -0.39 is 11.7 Å². The Morgan fingerprint density at radius 1 is 1.47 bits per heavy atom. The molecule has 100 valence electrons. The Labute approximate surface area is 112 Å². The first kappa shape index (κ1) is 14.7. The van der Waals surface area contributed by atoms with Crippen LogP contribution in [-0.2, 0) is 4.74 Å². The van der Waals surface area contributed by atoms with Gasteiger partial charge in [0.15, 0.2) is 6.29 Å². The third-order valence-electron chi connectivity index (χ3n) is 1.86. The zero-order valence-corrected chi connectivity index (χ0v) is 11.2. The number of carbonyl (C=O) groups is 2. The van der Waals surface area contributed by atoms with E-state index >= 15 is 0 Å². The molecule has 19 heavy (non-hydrogen) atoms. The van der Waals surface area contributed by atoms with Crippen LogP contribution in [-0.4, -0.2) is 29.5 Å². The average molecular weight is 260 g/mol. The summed E-state index contributed by atoms with van der Waals surface area (Å²) in [5.74, 6) is 5.51. The normalized spacial score (nSPS) is 10.1. The lowest BCUT2D eigenvalue weighted by Gasteiger charge is -2.18. The summed E-state index contributed by atoms with van der Waals surface area (Å²) in [7, 11) is 0. The van der Waals surface area contributed by atoms with Gasteiger partial charge in [-0.05, 0) is 38.8 Å². The number of hydrogen-bond donors (Lipinski definition) is 1. The highest BCUT2D eigenvalue weighted by molar-refractivity contribution is 5.74. The Bertz CT molecular complexity index is 504. The molecule has 0 aliphatic rings. The van der Waals surface area contributed by atoms with Crippen molar-refractivity contribution in [2.75, 3.05) is 6.54 Å². The second-order valence-electron chi connectivity index (χ2n) is 4.75. The van der Waals surface area contributed by atoms with Crippen molar-refractivity contribution in [1.29, 1.82) is 0 Å². The molecular weight excluding hydrogens is 244 g/mol. The first-order chi connectivity index (χ1) is 8.90. The Hall–Kier alpha value is -2.35. The molecule has 0 bridgehead atoms. The second-order valence-corrected chi connectivity index (χ2v) is 4.75.